The molecule has 0 bridgehead atoms. The molecule has 202 valence electrons. The Bertz CT molecular complexity index is 970. The van der Waals surface area contributed by atoms with Gasteiger partial charge in [-0.3, -0.25) is 9.59 Å². The molecule has 2 unspecified atom stereocenters. The molecule has 7 heteroatoms. The molecule has 2 heterocycles. The third-order valence-corrected chi connectivity index (χ3v) is 10.0. The van der Waals surface area contributed by atoms with E-state index in [2.05, 4.69) is 23.3 Å². The zero-order chi connectivity index (χ0) is 26.8. The lowest BCUT2D eigenvalue weighted by molar-refractivity contribution is -0.143. The predicted octanol–water partition coefficient (Wildman–Crippen LogP) is 5.31. The largest absolute Gasteiger partial charge is 0.392 e. The first-order valence-electron chi connectivity index (χ1n) is 13.5. The SMILES string of the molecule is C/C(=C\c1csc(C)n1)[C@@H]1CC2CC[C@]2(C)CCC[C@H](C)[C@H](O)[C@@H](C)C(=O)C(C)(C)C(O)CC(=O)N1. The minimum Gasteiger partial charge on any atom is -0.392 e. The summed E-state index contributed by atoms with van der Waals surface area (Å²) in [6.45, 7) is 13.5. The quantitative estimate of drug-likeness (QED) is 0.493. The minimum atomic E-state index is -1.14. The van der Waals surface area contributed by atoms with Crippen LogP contribution in [0.5, 0.6) is 0 Å². The van der Waals surface area contributed by atoms with E-state index in [9.17, 15) is 19.8 Å². The molecule has 36 heavy (non-hydrogen) atoms. The van der Waals surface area contributed by atoms with Gasteiger partial charge in [-0.25, -0.2) is 4.98 Å². The maximum absolute atomic E-state index is 13.3. The average Bonchev–Trinajstić information content (AvgIpc) is 3.22. The molecule has 1 aliphatic carbocycles. The Kier molecular flexibility index (Phi) is 9.22. The number of nitrogens with one attached hydrogen (secondary N) is 1. The summed E-state index contributed by atoms with van der Waals surface area (Å²) in [4.78, 5) is 31.0. The molecule has 1 amide bonds. The Morgan fingerprint density at radius 2 is 1.86 bits per heavy atom. The van der Waals surface area contributed by atoms with Gasteiger partial charge in [-0.05, 0) is 74.9 Å². The molecule has 6 nitrogen and oxygen atoms in total. The maximum Gasteiger partial charge on any atom is 0.223 e. The van der Waals surface area contributed by atoms with Gasteiger partial charge in [0.25, 0.3) is 0 Å². The number of carbonyl (C=O) groups is 2. The number of aliphatic hydroxyl groups excluding tert-OH is 2. The van der Waals surface area contributed by atoms with E-state index >= 15 is 0 Å². The van der Waals surface area contributed by atoms with Crippen molar-refractivity contribution in [1.82, 2.24) is 10.3 Å². The Morgan fingerprint density at radius 3 is 2.44 bits per heavy atom. The molecule has 1 saturated heterocycles. The molecule has 7 atom stereocenters. The third-order valence-electron chi connectivity index (χ3n) is 9.23. The molecular formula is C29H46N2O4S. The van der Waals surface area contributed by atoms with Crippen LogP contribution in [-0.4, -0.2) is 45.1 Å². The number of rotatable bonds is 2. The van der Waals surface area contributed by atoms with E-state index in [4.69, 9.17) is 0 Å². The standard InChI is InChI=1S/C29H46N2O4S/c1-17-9-8-11-29(7)12-10-21(29)14-23(18(2)13-22-16-36-20(4)30-22)31-25(33)15-24(32)28(5,6)27(35)19(3)26(17)34/h13,16-17,19,21,23-24,26,32,34H,8-12,14-15H2,1-7H3,(H,31,33)/b18-13+/t17-,19+,21?,23-,24?,26-,29-/m0/s1. The highest BCUT2D eigenvalue weighted by atomic mass is 32.1. The molecule has 3 N–H and O–H groups in total. The summed E-state index contributed by atoms with van der Waals surface area (Å²) >= 11 is 1.61. The number of aryl methyl sites for hydroxylation is 1. The zero-order valence-electron chi connectivity index (χ0n) is 23.1. The number of aliphatic hydroxyl groups is 2. The van der Waals surface area contributed by atoms with E-state index < -0.39 is 23.5 Å². The number of hydrogen-bond acceptors (Lipinski definition) is 6. The summed E-state index contributed by atoms with van der Waals surface area (Å²) in [7, 11) is 0. The number of nitrogens with zero attached hydrogens (tertiary/aromatic N) is 1. The fraction of sp³-hybridized carbons (Fsp3) is 0.759. The topological polar surface area (TPSA) is 99.5 Å². The van der Waals surface area contributed by atoms with Gasteiger partial charge in [0.05, 0.1) is 40.8 Å². The van der Waals surface area contributed by atoms with Crippen LogP contribution in [0.15, 0.2) is 11.0 Å². The Labute approximate surface area is 221 Å². The van der Waals surface area contributed by atoms with Crippen LogP contribution in [0.2, 0.25) is 0 Å². The predicted molar refractivity (Wildman–Crippen MR) is 145 cm³/mol. The van der Waals surface area contributed by atoms with Gasteiger partial charge < -0.3 is 15.5 Å². The molecule has 2 fully saturated rings. The second kappa shape index (κ2) is 11.4. The normalized spacial score (nSPS) is 37.1. The smallest absolute Gasteiger partial charge is 0.223 e. The van der Waals surface area contributed by atoms with Crippen molar-refractivity contribution in [2.24, 2.45) is 28.6 Å². The first-order chi connectivity index (χ1) is 16.7. The Balaban J connectivity index is 1.89. The van der Waals surface area contributed by atoms with Crippen molar-refractivity contribution in [3.05, 3.63) is 21.7 Å². The lowest BCUT2D eigenvalue weighted by Crippen LogP contribution is -2.48. The van der Waals surface area contributed by atoms with Gasteiger partial charge >= 0.3 is 0 Å². The van der Waals surface area contributed by atoms with E-state index in [1.165, 1.54) is 6.42 Å². The van der Waals surface area contributed by atoms with Crippen LogP contribution >= 0.6 is 11.3 Å². The molecule has 2 aliphatic rings. The maximum atomic E-state index is 13.3. The van der Waals surface area contributed by atoms with Crippen LogP contribution in [0, 0.1) is 35.5 Å². The van der Waals surface area contributed by atoms with Crippen molar-refractivity contribution in [2.75, 3.05) is 0 Å². The number of carbonyl (C=O) groups excluding carboxylic acids is 2. The van der Waals surface area contributed by atoms with Gasteiger partial charge in [0.1, 0.15) is 5.78 Å². The number of thiazole rings is 1. The van der Waals surface area contributed by atoms with Crippen LogP contribution in [0.4, 0.5) is 0 Å². The number of hydrogen-bond donors (Lipinski definition) is 3. The Hall–Kier alpha value is -1.57. The van der Waals surface area contributed by atoms with Crippen molar-refractivity contribution in [2.45, 2.75) is 112 Å². The highest BCUT2D eigenvalue weighted by Crippen LogP contribution is 2.52. The van der Waals surface area contributed by atoms with Crippen molar-refractivity contribution in [1.29, 1.82) is 0 Å². The van der Waals surface area contributed by atoms with E-state index in [1.807, 2.05) is 26.2 Å². The number of fused-ring (bicyclic) bond motifs is 1. The molecule has 1 saturated carbocycles. The average molecular weight is 519 g/mol. The van der Waals surface area contributed by atoms with E-state index in [0.717, 1.165) is 48.4 Å². The second-order valence-electron chi connectivity index (χ2n) is 12.4. The number of aromatic nitrogens is 1. The van der Waals surface area contributed by atoms with Gasteiger partial charge in [0, 0.05) is 11.3 Å². The van der Waals surface area contributed by atoms with E-state index in [0.29, 0.717) is 5.92 Å². The minimum absolute atomic E-state index is 0.00489. The van der Waals surface area contributed by atoms with Gasteiger partial charge in [0.2, 0.25) is 5.91 Å². The fourth-order valence-corrected chi connectivity index (χ4v) is 6.65. The highest BCUT2D eigenvalue weighted by Gasteiger charge is 2.45. The monoisotopic (exact) mass is 518 g/mol. The third kappa shape index (κ3) is 6.46. The number of amides is 1. The summed E-state index contributed by atoms with van der Waals surface area (Å²) in [5.74, 6) is -0.572. The van der Waals surface area contributed by atoms with Crippen molar-refractivity contribution in [3.63, 3.8) is 0 Å². The van der Waals surface area contributed by atoms with Crippen LogP contribution in [0.25, 0.3) is 6.08 Å². The molecule has 0 spiro atoms. The summed E-state index contributed by atoms with van der Waals surface area (Å²) in [6.07, 6.45) is 6.11. The first-order valence-corrected chi connectivity index (χ1v) is 14.4. The molecule has 1 aromatic heterocycles. The summed E-state index contributed by atoms with van der Waals surface area (Å²) in [5, 5.41) is 28.1. The molecule has 0 radical (unpaired) electrons. The van der Waals surface area contributed by atoms with Crippen molar-refractivity contribution < 1.29 is 19.8 Å². The summed E-state index contributed by atoms with van der Waals surface area (Å²) in [6, 6.07) is -0.150. The molecular weight excluding hydrogens is 472 g/mol. The van der Waals surface area contributed by atoms with Crippen LogP contribution in [-0.2, 0) is 9.59 Å². The van der Waals surface area contributed by atoms with Crippen LogP contribution in [0.3, 0.4) is 0 Å². The van der Waals surface area contributed by atoms with Gasteiger partial charge in [-0.15, -0.1) is 11.3 Å². The molecule has 3 rings (SSSR count). The summed E-state index contributed by atoms with van der Waals surface area (Å²) in [5.41, 5.74) is 1.03. The fourth-order valence-electron chi connectivity index (χ4n) is 6.08. The van der Waals surface area contributed by atoms with E-state index in [1.54, 1.807) is 32.1 Å². The summed E-state index contributed by atoms with van der Waals surface area (Å²) < 4.78 is 0. The highest BCUT2D eigenvalue weighted by molar-refractivity contribution is 7.09. The number of Topliss-reactive ketones (excluding diaryl/α,β-unsaturated/α-hetero) is 1. The van der Waals surface area contributed by atoms with Crippen molar-refractivity contribution in [3.8, 4) is 0 Å². The lowest BCUT2D eigenvalue weighted by Gasteiger charge is -2.49. The number of ketones is 1. The van der Waals surface area contributed by atoms with Gasteiger partial charge in [0.15, 0.2) is 0 Å². The van der Waals surface area contributed by atoms with Crippen LogP contribution < -0.4 is 5.32 Å². The lowest BCUT2D eigenvalue weighted by atomic mass is 9.57. The molecule has 1 aromatic rings. The second-order valence-corrected chi connectivity index (χ2v) is 13.4. The first kappa shape index (κ1) is 29.0. The van der Waals surface area contributed by atoms with Crippen molar-refractivity contribution >= 4 is 29.1 Å². The molecule has 1 aliphatic heterocycles. The van der Waals surface area contributed by atoms with Gasteiger partial charge in [-0.1, -0.05) is 41.0 Å². The van der Waals surface area contributed by atoms with Gasteiger partial charge in [-0.2, -0.15) is 0 Å². The molecule has 0 aromatic carbocycles. The van der Waals surface area contributed by atoms with Crippen LogP contribution in [0.1, 0.15) is 97.2 Å². The van der Waals surface area contributed by atoms with E-state index in [-0.39, 0.29) is 35.5 Å². The Morgan fingerprint density at radius 1 is 1.17 bits per heavy atom. The zero-order valence-corrected chi connectivity index (χ0v) is 24.0.